The molecule has 0 amide bonds. The Balaban J connectivity index is 1.81. The molecule has 7 aromatic carbocycles. The highest BCUT2D eigenvalue weighted by Crippen LogP contribution is 2.44. The van der Waals surface area contributed by atoms with Crippen LogP contribution in [0.25, 0.3) is 64.6 Å². The second-order valence-electron chi connectivity index (χ2n) is 13.2. The highest BCUT2D eigenvalue weighted by atomic mass is 27.1. The molecular weight excluding hydrogens is 516 g/mol. The van der Waals surface area contributed by atoms with Gasteiger partial charge in [-0.25, -0.2) is 0 Å². The molecule has 174 valence electrons. The van der Waals surface area contributed by atoms with Gasteiger partial charge in [-0.3, -0.25) is 0 Å². The van der Waals surface area contributed by atoms with E-state index in [4.69, 9.17) is 0 Å². The molecule has 4 heteroatoms. The first-order valence-corrected chi connectivity index (χ1v) is 15.6. The molecular formula is C34H26Al4. The topological polar surface area (TPSA) is 0 Å². The Hall–Kier alpha value is -1.25. The number of hydrogen-bond donors (Lipinski definition) is 0. The average molecular weight is 543 g/mol. The fraction of sp³-hybridized carbons (Fsp3) is 0.235. The first kappa shape index (κ1) is 25.7. The minimum absolute atomic E-state index is 0.0929. The standard InChI is InChI=1S/C34H26.4Al/c1-33(2,3)23-15-19-7-11-25-27-13-9-21-17-24(34(4,5)6)18-22-10-14-28(32(27)30(21)22)26-12-8-20(16-23)29(19)31(25)26;;;;/h7-10,15-18H,1-6H3;;;;. The van der Waals surface area contributed by atoms with Gasteiger partial charge in [0.25, 0.3) is 0 Å². The Morgan fingerprint density at radius 3 is 0.789 bits per heavy atom. The van der Waals surface area contributed by atoms with E-state index in [9.17, 15) is 0 Å². The summed E-state index contributed by atoms with van der Waals surface area (Å²) in [7, 11) is 0. The molecule has 0 nitrogen and oxygen atoms in total. The van der Waals surface area contributed by atoms with Crippen LogP contribution in [-0.4, -0.2) is 65.2 Å². The van der Waals surface area contributed by atoms with Gasteiger partial charge in [0.2, 0.25) is 0 Å². The number of rotatable bonds is 0. The van der Waals surface area contributed by atoms with Crippen LogP contribution in [-0.2, 0) is 10.8 Å². The molecule has 0 aliphatic heterocycles. The predicted octanol–water partition coefficient (Wildman–Crippen LogP) is 5.25. The molecule has 7 aromatic rings. The van der Waals surface area contributed by atoms with E-state index >= 15 is 0 Å². The lowest BCUT2D eigenvalue weighted by Crippen LogP contribution is -2.19. The van der Waals surface area contributed by atoms with Crippen molar-refractivity contribution >= 4 is 147 Å². The smallest absolute Gasteiger partial charge is 0.130 e. The van der Waals surface area contributed by atoms with Crippen LogP contribution in [0, 0.1) is 0 Å². The van der Waals surface area contributed by atoms with Crippen LogP contribution in [0.5, 0.6) is 0 Å². The fourth-order valence-electron chi connectivity index (χ4n) is 6.64. The van der Waals surface area contributed by atoms with E-state index in [2.05, 4.69) is 155 Å². The van der Waals surface area contributed by atoms with Crippen LogP contribution < -0.4 is 17.7 Å². The van der Waals surface area contributed by atoms with E-state index < -0.39 is 0 Å². The predicted molar refractivity (Wildman–Crippen MR) is 173 cm³/mol. The molecule has 38 heavy (non-hydrogen) atoms. The first-order valence-electron chi connectivity index (χ1n) is 13.3. The molecule has 0 aromatic heterocycles. The Bertz CT molecular complexity index is 1840. The summed E-state index contributed by atoms with van der Waals surface area (Å²) in [4.78, 5) is 0. The summed E-state index contributed by atoms with van der Waals surface area (Å²) in [6.07, 6.45) is 0. The molecule has 8 radical (unpaired) electrons. The van der Waals surface area contributed by atoms with Crippen molar-refractivity contribution in [3.63, 3.8) is 0 Å². The van der Waals surface area contributed by atoms with Gasteiger partial charge in [-0.2, -0.15) is 0 Å². The molecule has 0 heterocycles. The van der Waals surface area contributed by atoms with Crippen molar-refractivity contribution in [1.82, 2.24) is 0 Å². The monoisotopic (exact) mass is 542 g/mol. The maximum atomic E-state index is 3.09. The summed E-state index contributed by atoms with van der Waals surface area (Å²) in [6.45, 7) is 13.8. The minimum atomic E-state index is 0.0929. The van der Waals surface area contributed by atoms with Crippen molar-refractivity contribution in [3.05, 3.63) is 59.7 Å². The summed E-state index contributed by atoms with van der Waals surface area (Å²) in [6, 6.07) is 19.2. The van der Waals surface area contributed by atoms with E-state index in [-0.39, 0.29) is 10.8 Å². The largest absolute Gasteiger partial charge is 0.176 e. The highest BCUT2D eigenvalue weighted by molar-refractivity contribution is 6.60. The first-order chi connectivity index (χ1) is 17.8. The number of hydrogen-bond acceptors (Lipinski definition) is 0. The Morgan fingerprint density at radius 2 is 0.579 bits per heavy atom. The molecule has 0 bridgehead atoms. The zero-order valence-corrected chi connectivity index (χ0v) is 27.5. The second kappa shape index (κ2) is 8.16. The van der Waals surface area contributed by atoms with Crippen molar-refractivity contribution in [2.45, 2.75) is 52.4 Å². The van der Waals surface area contributed by atoms with Gasteiger partial charge < -0.3 is 0 Å². The second-order valence-corrected chi connectivity index (χ2v) is 15.7. The summed E-state index contributed by atoms with van der Waals surface area (Å²) < 4.78 is 5.08. The lowest BCUT2D eigenvalue weighted by molar-refractivity contribution is 0.591. The van der Waals surface area contributed by atoms with Crippen molar-refractivity contribution in [2.75, 3.05) is 0 Å². The molecule has 0 spiro atoms. The third kappa shape index (κ3) is 3.47. The van der Waals surface area contributed by atoms with E-state index in [0.29, 0.717) is 0 Å². The van der Waals surface area contributed by atoms with Crippen molar-refractivity contribution in [3.8, 4) is 0 Å². The van der Waals surface area contributed by atoms with Gasteiger partial charge in [-0.1, -0.05) is 90.1 Å². The van der Waals surface area contributed by atoms with Crippen molar-refractivity contribution in [2.24, 2.45) is 0 Å². The average Bonchev–Trinajstić information content (AvgIpc) is 2.80. The van der Waals surface area contributed by atoms with E-state index in [1.54, 1.807) is 0 Å². The summed E-state index contributed by atoms with van der Waals surface area (Å²) in [5, 5.41) is 16.3. The number of benzene rings is 7. The molecule has 0 fully saturated rings. The SMILES string of the molecule is CC(C)(C)c1cc2c[c]([Al])c3c4[c]([Al])cc5cc(C(C)(C)C)cc6c[c]([Al])c(c7[c]([Al])cc(c1)c2c37)c4c56. The number of fused-ring (bicyclic) bond motifs is 2. The third-order valence-corrected chi connectivity index (χ3v) is 10.4. The molecule has 7 rings (SSSR count). The molecule has 0 saturated carbocycles. The van der Waals surface area contributed by atoms with Crippen LogP contribution in [0.15, 0.2) is 48.5 Å². The quantitative estimate of drug-likeness (QED) is 0.140. The highest BCUT2D eigenvalue weighted by Gasteiger charge is 2.24. The van der Waals surface area contributed by atoms with E-state index in [0.717, 1.165) is 0 Å². The Kier molecular flexibility index (Phi) is 5.52. The lowest BCUT2D eigenvalue weighted by atomic mass is 9.80. The van der Waals surface area contributed by atoms with Gasteiger partial charge in [-0.05, 0) is 86.6 Å². The summed E-state index contributed by atoms with van der Waals surface area (Å²) >= 11 is 12.4. The van der Waals surface area contributed by atoms with Gasteiger partial charge >= 0.3 is 0 Å². The van der Waals surface area contributed by atoms with E-state index in [1.165, 1.54) is 93.5 Å². The molecule has 0 saturated heterocycles. The normalized spacial score (nSPS) is 13.4. The molecule has 0 atom stereocenters. The zero-order chi connectivity index (χ0) is 27.0. The van der Waals surface area contributed by atoms with Crippen LogP contribution in [0.2, 0.25) is 0 Å². The van der Waals surface area contributed by atoms with Gasteiger partial charge in [0, 0.05) is 0 Å². The maximum absolute atomic E-state index is 3.09. The van der Waals surface area contributed by atoms with Crippen molar-refractivity contribution in [1.29, 1.82) is 0 Å². The Labute approximate surface area is 257 Å². The maximum Gasteiger partial charge on any atom is 0.176 e. The van der Waals surface area contributed by atoms with Crippen LogP contribution in [0.1, 0.15) is 52.7 Å². The van der Waals surface area contributed by atoms with Gasteiger partial charge in [-0.15, -0.1) is 17.7 Å². The van der Waals surface area contributed by atoms with Crippen LogP contribution in [0.4, 0.5) is 0 Å². The molecule has 0 unspecified atom stereocenters. The van der Waals surface area contributed by atoms with Crippen LogP contribution in [0.3, 0.4) is 0 Å². The lowest BCUT2D eigenvalue weighted by Gasteiger charge is -2.27. The summed E-state index contributed by atoms with van der Waals surface area (Å²) in [5.41, 5.74) is 2.95. The zero-order valence-electron chi connectivity index (χ0n) is 22.9. The molecule has 0 N–H and O–H groups in total. The minimum Gasteiger partial charge on any atom is -0.130 e. The van der Waals surface area contributed by atoms with Gasteiger partial charge in [0.05, 0.1) is 0 Å². The van der Waals surface area contributed by atoms with Crippen LogP contribution >= 0.6 is 0 Å². The van der Waals surface area contributed by atoms with Gasteiger partial charge in [0.15, 0.2) is 65.2 Å². The third-order valence-electron chi connectivity index (χ3n) is 8.53. The Morgan fingerprint density at radius 1 is 0.342 bits per heavy atom. The fourth-order valence-corrected chi connectivity index (χ4v) is 8.51. The van der Waals surface area contributed by atoms with Gasteiger partial charge in [0.1, 0.15) is 0 Å². The summed E-state index contributed by atoms with van der Waals surface area (Å²) in [5.74, 6) is 0. The van der Waals surface area contributed by atoms with E-state index in [1.807, 2.05) is 0 Å². The molecule has 0 aliphatic carbocycles. The van der Waals surface area contributed by atoms with Crippen molar-refractivity contribution < 1.29 is 0 Å². The molecule has 0 aliphatic rings.